The zero-order valence-electron chi connectivity index (χ0n) is 8.38. The second kappa shape index (κ2) is 3.67. The van der Waals surface area contributed by atoms with Gasteiger partial charge in [0.2, 0.25) is 0 Å². The molecule has 2 rings (SSSR count). The molecule has 0 aromatic carbocycles. The van der Waals surface area contributed by atoms with Crippen molar-refractivity contribution in [1.82, 2.24) is 0 Å². The van der Waals surface area contributed by atoms with Crippen molar-refractivity contribution in [2.24, 2.45) is 0 Å². The molecule has 72 valence electrons. The van der Waals surface area contributed by atoms with Crippen LogP contribution in [0.25, 0.3) is 0 Å². The minimum absolute atomic E-state index is 0.159. The molecule has 0 bridgehead atoms. The van der Waals surface area contributed by atoms with Crippen LogP contribution in [-0.4, -0.2) is 12.2 Å². The van der Waals surface area contributed by atoms with Crippen LogP contribution in [0.2, 0.25) is 0 Å². The number of ether oxygens (including phenoxy) is 1. The standard InChI is InChI=1S/C12H18O/c1-11-5-4-8-12(9-6-11)7-2-3-10-13-12/h2-3,6H,4-5,7-10H2,1H3/t12-/m0/s1. The largest absolute Gasteiger partial charge is 0.370 e. The fourth-order valence-corrected chi connectivity index (χ4v) is 2.22. The smallest absolute Gasteiger partial charge is 0.0755 e. The van der Waals surface area contributed by atoms with Crippen LogP contribution in [0.3, 0.4) is 0 Å². The van der Waals surface area contributed by atoms with Crippen molar-refractivity contribution in [2.75, 3.05) is 6.61 Å². The lowest BCUT2D eigenvalue weighted by atomic mass is 9.89. The van der Waals surface area contributed by atoms with E-state index in [9.17, 15) is 0 Å². The van der Waals surface area contributed by atoms with Gasteiger partial charge in [-0.2, -0.15) is 0 Å². The molecule has 1 nitrogen and oxygen atoms in total. The van der Waals surface area contributed by atoms with E-state index in [4.69, 9.17) is 4.74 Å². The normalized spacial score (nSPS) is 34.4. The average molecular weight is 178 g/mol. The minimum atomic E-state index is 0.159. The van der Waals surface area contributed by atoms with Crippen molar-refractivity contribution >= 4 is 0 Å². The Bertz CT molecular complexity index is 240. The van der Waals surface area contributed by atoms with Crippen molar-refractivity contribution in [3.8, 4) is 0 Å². The summed E-state index contributed by atoms with van der Waals surface area (Å²) in [4.78, 5) is 0. The van der Waals surface area contributed by atoms with Gasteiger partial charge in [-0.15, -0.1) is 0 Å². The highest BCUT2D eigenvalue weighted by atomic mass is 16.5. The molecule has 0 N–H and O–H groups in total. The Morgan fingerprint density at radius 2 is 2.23 bits per heavy atom. The maximum absolute atomic E-state index is 5.90. The van der Waals surface area contributed by atoms with Gasteiger partial charge >= 0.3 is 0 Å². The van der Waals surface area contributed by atoms with Gasteiger partial charge in [0.05, 0.1) is 12.2 Å². The van der Waals surface area contributed by atoms with Gasteiger partial charge in [0.15, 0.2) is 0 Å². The van der Waals surface area contributed by atoms with Crippen molar-refractivity contribution in [3.63, 3.8) is 0 Å². The van der Waals surface area contributed by atoms with Crippen LogP contribution in [0.5, 0.6) is 0 Å². The molecule has 0 aromatic heterocycles. The van der Waals surface area contributed by atoms with Crippen LogP contribution >= 0.6 is 0 Å². The van der Waals surface area contributed by atoms with Gasteiger partial charge < -0.3 is 4.74 Å². The third kappa shape index (κ3) is 2.02. The molecule has 2 aliphatic rings. The van der Waals surface area contributed by atoms with Crippen LogP contribution in [0.4, 0.5) is 0 Å². The highest BCUT2D eigenvalue weighted by Gasteiger charge is 2.30. The molecular weight excluding hydrogens is 160 g/mol. The molecule has 0 radical (unpaired) electrons. The quantitative estimate of drug-likeness (QED) is 0.517. The van der Waals surface area contributed by atoms with Gasteiger partial charge in [-0.25, -0.2) is 0 Å². The lowest BCUT2D eigenvalue weighted by Gasteiger charge is -2.33. The van der Waals surface area contributed by atoms with Gasteiger partial charge in [0, 0.05) is 0 Å². The summed E-state index contributed by atoms with van der Waals surface area (Å²) in [6.07, 6.45) is 12.8. The highest BCUT2D eigenvalue weighted by Crippen LogP contribution is 2.34. The second-order valence-electron chi connectivity index (χ2n) is 4.28. The van der Waals surface area contributed by atoms with Gasteiger partial charge in [-0.3, -0.25) is 0 Å². The summed E-state index contributed by atoms with van der Waals surface area (Å²) in [5, 5.41) is 0. The lowest BCUT2D eigenvalue weighted by molar-refractivity contribution is -0.0402. The zero-order chi connectivity index (χ0) is 9.15. The molecule has 1 heteroatoms. The predicted octanol–water partition coefficient (Wildman–Crippen LogP) is 3.22. The van der Waals surface area contributed by atoms with Crippen molar-refractivity contribution in [2.45, 2.75) is 44.6 Å². The first-order chi connectivity index (χ1) is 6.31. The predicted molar refractivity (Wildman–Crippen MR) is 54.7 cm³/mol. The summed E-state index contributed by atoms with van der Waals surface area (Å²) < 4.78 is 5.90. The number of allylic oxidation sites excluding steroid dienone is 1. The zero-order valence-corrected chi connectivity index (χ0v) is 8.38. The third-order valence-corrected chi connectivity index (χ3v) is 3.17. The Hall–Kier alpha value is -0.560. The Balaban J connectivity index is 2.09. The molecule has 0 fully saturated rings. The Morgan fingerprint density at radius 1 is 1.31 bits per heavy atom. The summed E-state index contributed by atoms with van der Waals surface area (Å²) >= 11 is 0. The molecule has 1 atom stereocenters. The van der Waals surface area contributed by atoms with Crippen LogP contribution in [0, 0.1) is 0 Å². The summed E-state index contributed by atoms with van der Waals surface area (Å²) in [7, 11) is 0. The van der Waals surface area contributed by atoms with E-state index in [0.717, 1.165) is 19.4 Å². The van der Waals surface area contributed by atoms with E-state index in [2.05, 4.69) is 25.2 Å². The minimum Gasteiger partial charge on any atom is -0.370 e. The Morgan fingerprint density at radius 3 is 3.00 bits per heavy atom. The molecule has 1 spiro atoms. The molecule has 13 heavy (non-hydrogen) atoms. The van der Waals surface area contributed by atoms with Gasteiger partial charge in [-0.1, -0.05) is 23.8 Å². The molecule has 0 unspecified atom stereocenters. The van der Waals surface area contributed by atoms with E-state index in [1.807, 2.05) is 0 Å². The van der Waals surface area contributed by atoms with Crippen LogP contribution in [0.1, 0.15) is 39.0 Å². The molecule has 0 saturated carbocycles. The van der Waals surface area contributed by atoms with Gasteiger partial charge in [0.25, 0.3) is 0 Å². The van der Waals surface area contributed by atoms with Crippen molar-refractivity contribution < 1.29 is 4.74 Å². The summed E-state index contributed by atoms with van der Waals surface area (Å²) in [5.41, 5.74) is 1.70. The molecule has 0 saturated heterocycles. The molecule has 1 heterocycles. The van der Waals surface area contributed by atoms with Gasteiger partial charge in [0.1, 0.15) is 0 Å². The maximum Gasteiger partial charge on any atom is 0.0755 e. The third-order valence-electron chi connectivity index (χ3n) is 3.17. The topological polar surface area (TPSA) is 9.23 Å². The summed E-state index contributed by atoms with van der Waals surface area (Å²) in [6, 6.07) is 0. The van der Waals surface area contributed by atoms with Gasteiger partial charge in [-0.05, 0) is 39.0 Å². The monoisotopic (exact) mass is 178 g/mol. The number of hydrogen-bond acceptors (Lipinski definition) is 1. The second-order valence-corrected chi connectivity index (χ2v) is 4.28. The maximum atomic E-state index is 5.90. The van der Waals surface area contributed by atoms with E-state index in [1.165, 1.54) is 24.8 Å². The molecule has 0 aromatic rings. The fourth-order valence-electron chi connectivity index (χ4n) is 2.22. The Labute approximate surface area is 80.5 Å². The fraction of sp³-hybridized carbons (Fsp3) is 0.667. The Kier molecular flexibility index (Phi) is 2.54. The van der Waals surface area contributed by atoms with E-state index in [0.29, 0.717) is 0 Å². The summed E-state index contributed by atoms with van der Waals surface area (Å²) in [5.74, 6) is 0. The first-order valence-corrected chi connectivity index (χ1v) is 5.25. The first-order valence-electron chi connectivity index (χ1n) is 5.25. The number of hydrogen-bond donors (Lipinski definition) is 0. The molecule has 1 aliphatic heterocycles. The van der Waals surface area contributed by atoms with Crippen LogP contribution in [0.15, 0.2) is 23.8 Å². The highest BCUT2D eigenvalue weighted by molar-refractivity contribution is 5.08. The van der Waals surface area contributed by atoms with E-state index >= 15 is 0 Å². The SMILES string of the molecule is CC1=CC[C@]2(CC=CCO2)CCC1. The first kappa shape index (κ1) is 9.01. The van der Waals surface area contributed by atoms with E-state index in [1.54, 1.807) is 0 Å². The molecule has 0 amide bonds. The van der Waals surface area contributed by atoms with Crippen LogP contribution in [-0.2, 0) is 4.74 Å². The van der Waals surface area contributed by atoms with E-state index in [-0.39, 0.29) is 5.60 Å². The van der Waals surface area contributed by atoms with Crippen molar-refractivity contribution in [3.05, 3.63) is 23.8 Å². The van der Waals surface area contributed by atoms with Crippen LogP contribution < -0.4 is 0 Å². The molecule has 1 aliphatic carbocycles. The van der Waals surface area contributed by atoms with Crippen molar-refractivity contribution in [1.29, 1.82) is 0 Å². The summed E-state index contributed by atoms with van der Waals surface area (Å²) in [6.45, 7) is 3.05. The number of rotatable bonds is 0. The average Bonchev–Trinajstić information content (AvgIpc) is 2.32. The van der Waals surface area contributed by atoms with E-state index < -0.39 is 0 Å². The molecular formula is C12H18O. The lowest BCUT2D eigenvalue weighted by Crippen LogP contribution is -2.33.